The van der Waals surface area contributed by atoms with Crippen LogP contribution in [0.2, 0.25) is 0 Å². The molecule has 1 saturated heterocycles. The third kappa shape index (κ3) is 5.71. The molecule has 3 nitrogen and oxygen atoms in total. The van der Waals surface area contributed by atoms with E-state index in [2.05, 4.69) is 50.4 Å². The highest BCUT2D eigenvalue weighted by molar-refractivity contribution is 8.00. The second-order valence-corrected chi connectivity index (χ2v) is 7.68. The summed E-state index contributed by atoms with van der Waals surface area (Å²) in [5.41, 5.74) is 1.39. The highest BCUT2D eigenvalue weighted by Crippen LogP contribution is 2.21. The van der Waals surface area contributed by atoms with E-state index in [0.717, 1.165) is 32.5 Å². The molecule has 1 amide bonds. The maximum absolute atomic E-state index is 12.1. The van der Waals surface area contributed by atoms with E-state index in [1.54, 1.807) is 11.8 Å². The molecule has 2 rings (SSSR count). The largest absolute Gasteiger partial charge is 0.342 e. The van der Waals surface area contributed by atoms with Gasteiger partial charge in [0.2, 0.25) is 5.91 Å². The zero-order valence-corrected chi connectivity index (χ0v) is 14.1. The Hall–Kier alpha value is -1.00. The van der Waals surface area contributed by atoms with Gasteiger partial charge in [-0.2, -0.15) is 0 Å². The van der Waals surface area contributed by atoms with Gasteiger partial charge in [0.1, 0.15) is 0 Å². The number of rotatable bonds is 5. The Morgan fingerprint density at radius 3 is 2.67 bits per heavy atom. The minimum Gasteiger partial charge on any atom is -0.342 e. The van der Waals surface area contributed by atoms with E-state index in [-0.39, 0.29) is 11.4 Å². The number of hydrogen-bond acceptors (Lipinski definition) is 3. The molecule has 1 N–H and O–H groups in total. The van der Waals surface area contributed by atoms with Gasteiger partial charge in [-0.15, -0.1) is 11.8 Å². The van der Waals surface area contributed by atoms with Crippen LogP contribution in [0.3, 0.4) is 0 Å². The van der Waals surface area contributed by atoms with E-state index in [0.29, 0.717) is 5.75 Å². The summed E-state index contributed by atoms with van der Waals surface area (Å²) in [5.74, 6) is 0.826. The average molecular weight is 306 g/mol. The van der Waals surface area contributed by atoms with Crippen LogP contribution in [0.15, 0.2) is 29.2 Å². The fourth-order valence-electron chi connectivity index (χ4n) is 2.32. The maximum atomic E-state index is 12.1. The van der Waals surface area contributed by atoms with E-state index in [1.807, 2.05) is 4.90 Å². The molecule has 4 heteroatoms. The van der Waals surface area contributed by atoms with Crippen LogP contribution >= 0.6 is 11.8 Å². The van der Waals surface area contributed by atoms with Crippen LogP contribution in [0.1, 0.15) is 39.2 Å². The van der Waals surface area contributed by atoms with Gasteiger partial charge in [-0.3, -0.25) is 4.79 Å². The number of hydrogen-bond donors (Lipinski definition) is 1. The predicted octanol–water partition coefficient (Wildman–Crippen LogP) is 3.29. The average Bonchev–Trinajstić information content (AvgIpc) is 2.96. The minimum atomic E-state index is 0.120. The SMILES string of the molecule is CC(C)(C)NCc1cccc(SCC(=O)N2CCCC2)c1. The molecule has 21 heavy (non-hydrogen) atoms. The molecule has 1 aromatic rings. The van der Waals surface area contributed by atoms with Crippen LogP contribution in [-0.4, -0.2) is 35.2 Å². The van der Waals surface area contributed by atoms with Gasteiger partial charge in [0.25, 0.3) is 0 Å². The number of amides is 1. The van der Waals surface area contributed by atoms with Crippen LogP contribution in [0.25, 0.3) is 0 Å². The molecule has 116 valence electrons. The molecule has 1 heterocycles. The summed E-state index contributed by atoms with van der Waals surface area (Å²) in [6, 6.07) is 8.47. The lowest BCUT2D eigenvalue weighted by Gasteiger charge is -2.20. The number of thioether (sulfide) groups is 1. The van der Waals surface area contributed by atoms with Gasteiger partial charge >= 0.3 is 0 Å². The first-order valence-electron chi connectivity index (χ1n) is 7.69. The van der Waals surface area contributed by atoms with Gasteiger partial charge in [0.15, 0.2) is 0 Å². The van der Waals surface area contributed by atoms with E-state index < -0.39 is 0 Å². The highest BCUT2D eigenvalue weighted by atomic mass is 32.2. The Morgan fingerprint density at radius 2 is 2.00 bits per heavy atom. The summed E-state index contributed by atoms with van der Waals surface area (Å²) >= 11 is 1.64. The zero-order valence-electron chi connectivity index (χ0n) is 13.3. The molecule has 0 radical (unpaired) electrons. The van der Waals surface area contributed by atoms with Crippen molar-refractivity contribution in [3.05, 3.63) is 29.8 Å². The normalized spacial score (nSPS) is 15.5. The summed E-state index contributed by atoms with van der Waals surface area (Å²) < 4.78 is 0. The Balaban J connectivity index is 1.84. The Morgan fingerprint density at radius 1 is 1.29 bits per heavy atom. The summed E-state index contributed by atoms with van der Waals surface area (Å²) in [6.07, 6.45) is 2.31. The number of nitrogens with zero attached hydrogens (tertiary/aromatic N) is 1. The lowest BCUT2D eigenvalue weighted by Crippen LogP contribution is -2.35. The van der Waals surface area contributed by atoms with Crippen molar-refractivity contribution in [3.63, 3.8) is 0 Å². The summed E-state index contributed by atoms with van der Waals surface area (Å²) in [5, 5.41) is 3.49. The first-order chi connectivity index (χ1) is 9.94. The fourth-order valence-corrected chi connectivity index (χ4v) is 3.20. The molecule has 1 aromatic carbocycles. The van der Waals surface area contributed by atoms with Crippen molar-refractivity contribution in [1.82, 2.24) is 10.2 Å². The fraction of sp³-hybridized carbons (Fsp3) is 0.588. The summed E-state index contributed by atoms with van der Waals surface area (Å²) in [6.45, 7) is 9.24. The van der Waals surface area contributed by atoms with Gasteiger partial charge in [0.05, 0.1) is 5.75 Å². The number of carbonyl (C=O) groups excluding carboxylic acids is 1. The molecule has 1 fully saturated rings. The topological polar surface area (TPSA) is 32.3 Å². The smallest absolute Gasteiger partial charge is 0.232 e. The molecule has 0 bridgehead atoms. The van der Waals surface area contributed by atoms with Gasteiger partial charge in [-0.1, -0.05) is 12.1 Å². The molecule has 0 spiro atoms. The zero-order chi connectivity index (χ0) is 15.3. The molecule has 0 atom stereocenters. The monoisotopic (exact) mass is 306 g/mol. The Labute approximate surface area is 132 Å². The van der Waals surface area contributed by atoms with E-state index in [9.17, 15) is 4.79 Å². The second kappa shape index (κ2) is 7.32. The van der Waals surface area contributed by atoms with Gasteiger partial charge in [-0.05, 0) is 51.3 Å². The Bertz CT molecular complexity index is 476. The summed E-state index contributed by atoms with van der Waals surface area (Å²) in [4.78, 5) is 15.2. The summed E-state index contributed by atoms with van der Waals surface area (Å²) in [7, 11) is 0. The molecule has 0 saturated carbocycles. The van der Waals surface area contributed by atoms with Crippen LogP contribution < -0.4 is 5.32 Å². The molecular weight excluding hydrogens is 280 g/mol. The predicted molar refractivity (Wildman–Crippen MR) is 89.6 cm³/mol. The van der Waals surface area contributed by atoms with E-state index in [1.165, 1.54) is 10.5 Å². The lowest BCUT2D eigenvalue weighted by atomic mass is 10.1. The third-order valence-electron chi connectivity index (χ3n) is 3.54. The van der Waals surface area contributed by atoms with Gasteiger partial charge < -0.3 is 10.2 Å². The first kappa shape index (κ1) is 16.4. The van der Waals surface area contributed by atoms with Crippen LogP contribution in [-0.2, 0) is 11.3 Å². The molecule has 0 unspecified atom stereocenters. The first-order valence-corrected chi connectivity index (χ1v) is 8.67. The van der Waals surface area contributed by atoms with Crippen LogP contribution in [0.5, 0.6) is 0 Å². The third-order valence-corrected chi connectivity index (χ3v) is 4.52. The molecular formula is C17H26N2OS. The van der Waals surface area contributed by atoms with Crippen molar-refractivity contribution in [1.29, 1.82) is 0 Å². The van der Waals surface area contributed by atoms with E-state index in [4.69, 9.17) is 0 Å². The van der Waals surface area contributed by atoms with Gasteiger partial charge in [-0.25, -0.2) is 0 Å². The molecule has 1 aliphatic rings. The number of carbonyl (C=O) groups is 1. The van der Waals surface area contributed by atoms with Crippen molar-refractivity contribution in [3.8, 4) is 0 Å². The molecule has 0 aromatic heterocycles. The van der Waals surface area contributed by atoms with Crippen LogP contribution in [0.4, 0.5) is 0 Å². The standard InChI is InChI=1S/C17H26N2OS/c1-17(2,3)18-12-14-7-6-8-15(11-14)21-13-16(20)19-9-4-5-10-19/h6-8,11,18H,4-5,9-10,12-13H2,1-3H3. The second-order valence-electron chi connectivity index (χ2n) is 6.63. The molecule has 1 aliphatic heterocycles. The van der Waals surface area contributed by atoms with Gasteiger partial charge in [0, 0.05) is 30.1 Å². The number of benzene rings is 1. The quantitative estimate of drug-likeness (QED) is 0.847. The van der Waals surface area contributed by atoms with Crippen molar-refractivity contribution >= 4 is 17.7 Å². The number of likely N-dealkylation sites (tertiary alicyclic amines) is 1. The van der Waals surface area contributed by atoms with Crippen molar-refractivity contribution in [2.24, 2.45) is 0 Å². The van der Waals surface area contributed by atoms with Crippen LogP contribution in [0, 0.1) is 0 Å². The highest BCUT2D eigenvalue weighted by Gasteiger charge is 2.17. The maximum Gasteiger partial charge on any atom is 0.232 e. The number of nitrogens with one attached hydrogen (secondary N) is 1. The van der Waals surface area contributed by atoms with E-state index >= 15 is 0 Å². The lowest BCUT2D eigenvalue weighted by molar-refractivity contribution is -0.127. The Kier molecular flexibility index (Phi) is 5.71. The van der Waals surface area contributed by atoms with Crippen molar-refractivity contribution in [2.45, 2.75) is 50.6 Å². The van der Waals surface area contributed by atoms with Crippen molar-refractivity contribution in [2.75, 3.05) is 18.8 Å². The van der Waals surface area contributed by atoms with Crippen molar-refractivity contribution < 1.29 is 4.79 Å². The molecule has 0 aliphatic carbocycles. The minimum absolute atomic E-state index is 0.120.